The van der Waals surface area contributed by atoms with Crippen molar-refractivity contribution >= 4 is 21.8 Å². The summed E-state index contributed by atoms with van der Waals surface area (Å²) in [5.74, 6) is 0.159. The third-order valence-corrected chi connectivity index (χ3v) is 8.08. The zero-order chi connectivity index (χ0) is 28.1. The number of alkyl halides is 3. The second-order valence-corrected chi connectivity index (χ2v) is 10.8. The Labute approximate surface area is 219 Å². The smallest absolute Gasteiger partial charge is 0.416 e. The molecule has 9 nitrogen and oxygen atoms in total. The van der Waals surface area contributed by atoms with E-state index in [1.54, 1.807) is 18.2 Å². The number of nitrogens with one attached hydrogen (secondary N) is 2. The predicted octanol–water partition coefficient (Wildman–Crippen LogP) is 2.74. The fourth-order valence-electron chi connectivity index (χ4n) is 4.22. The highest BCUT2D eigenvalue weighted by Crippen LogP contribution is 2.32. The van der Waals surface area contributed by atoms with Crippen LogP contribution in [0.1, 0.15) is 30.9 Å². The lowest BCUT2D eigenvalue weighted by Crippen LogP contribution is -2.53. The van der Waals surface area contributed by atoms with Crippen LogP contribution in [0.25, 0.3) is 0 Å². The predicted molar refractivity (Wildman–Crippen MR) is 132 cm³/mol. The molecule has 1 fully saturated rings. The molecule has 1 heterocycles. The fourth-order valence-corrected chi connectivity index (χ4v) is 5.74. The Kier molecular flexibility index (Phi) is 9.26. The van der Waals surface area contributed by atoms with Crippen molar-refractivity contribution < 1.29 is 40.7 Å². The molecule has 1 aliphatic heterocycles. The Morgan fingerprint density at radius 3 is 2.29 bits per heavy atom. The molecule has 38 heavy (non-hydrogen) atoms. The van der Waals surface area contributed by atoms with Crippen molar-refractivity contribution in [1.29, 1.82) is 0 Å². The van der Waals surface area contributed by atoms with Crippen LogP contribution in [0.2, 0.25) is 0 Å². The first-order valence-electron chi connectivity index (χ1n) is 11.8. The molecular weight excluding hydrogens is 527 g/mol. The molecule has 1 unspecified atom stereocenters. The molecule has 13 heteroatoms. The number of rotatable bonds is 9. The molecule has 1 atom stereocenters. The second kappa shape index (κ2) is 12.0. The highest BCUT2D eigenvalue weighted by Gasteiger charge is 2.35. The first-order chi connectivity index (χ1) is 17.8. The quantitative estimate of drug-likeness (QED) is 0.490. The zero-order valence-corrected chi connectivity index (χ0v) is 22.0. The van der Waals surface area contributed by atoms with Gasteiger partial charge in [0.25, 0.3) is 0 Å². The SMILES string of the molecule is COc1ccc(CC(NC(C)=O)C(=O)NC2CCN(S(=O)(=O)c3cccc(C(F)(F)F)c3)CC2)cc1OC. The Morgan fingerprint density at radius 2 is 1.71 bits per heavy atom. The average Bonchev–Trinajstić information content (AvgIpc) is 2.87. The monoisotopic (exact) mass is 557 g/mol. The van der Waals surface area contributed by atoms with Crippen LogP contribution >= 0.6 is 0 Å². The summed E-state index contributed by atoms with van der Waals surface area (Å²) >= 11 is 0. The number of piperidine rings is 1. The molecule has 2 N–H and O–H groups in total. The van der Waals surface area contributed by atoms with Crippen LogP contribution in [0.3, 0.4) is 0 Å². The van der Waals surface area contributed by atoms with Gasteiger partial charge in [0, 0.05) is 32.5 Å². The Hall–Kier alpha value is -3.32. The average molecular weight is 558 g/mol. The molecule has 0 saturated carbocycles. The van der Waals surface area contributed by atoms with Crippen molar-refractivity contribution in [3.8, 4) is 11.5 Å². The number of ether oxygens (including phenoxy) is 2. The van der Waals surface area contributed by atoms with E-state index in [1.807, 2.05) is 0 Å². The largest absolute Gasteiger partial charge is 0.493 e. The van der Waals surface area contributed by atoms with E-state index in [2.05, 4.69) is 10.6 Å². The third kappa shape index (κ3) is 7.16. The van der Waals surface area contributed by atoms with Gasteiger partial charge in [-0.2, -0.15) is 17.5 Å². The molecule has 3 rings (SSSR count). The van der Waals surface area contributed by atoms with E-state index < -0.39 is 44.5 Å². The summed E-state index contributed by atoms with van der Waals surface area (Å²) in [4.78, 5) is 24.4. The summed E-state index contributed by atoms with van der Waals surface area (Å²) in [6.45, 7) is 1.33. The second-order valence-electron chi connectivity index (χ2n) is 8.86. The molecule has 0 aromatic heterocycles. The van der Waals surface area contributed by atoms with Gasteiger partial charge in [0.2, 0.25) is 21.8 Å². The van der Waals surface area contributed by atoms with E-state index >= 15 is 0 Å². The molecule has 2 aromatic carbocycles. The maximum absolute atomic E-state index is 13.0. The fraction of sp³-hybridized carbons (Fsp3) is 0.440. The van der Waals surface area contributed by atoms with Crippen LogP contribution in [0.15, 0.2) is 47.4 Å². The van der Waals surface area contributed by atoms with Crippen LogP contribution in [-0.4, -0.2) is 63.9 Å². The third-order valence-electron chi connectivity index (χ3n) is 6.18. The van der Waals surface area contributed by atoms with Crippen LogP contribution < -0.4 is 20.1 Å². The summed E-state index contributed by atoms with van der Waals surface area (Å²) in [5.41, 5.74) is -0.322. The first-order valence-corrected chi connectivity index (χ1v) is 13.2. The number of methoxy groups -OCH3 is 2. The summed E-state index contributed by atoms with van der Waals surface area (Å²) in [6.07, 6.45) is -3.97. The minimum atomic E-state index is -4.66. The molecule has 1 aliphatic rings. The molecular formula is C25H30F3N3O6S. The van der Waals surface area contributed by atoms with E-state index in [0.29, 0.717) is 17.6 Å². The Balaban J connectivity index is 1.65. The number of hydrogen-bond donors (Lipinski definition) is 2. The van der Waals surface area contributed by atoms with Gasteiger partial charge in [-0.25, -0.2) is 8.42 Å². The van der Waals surface area contributed by atoms with E-state index in [0.717, 1.165) is 28.1 Å². The summed E-state index contributed by atoms with van der Waals surface area (Å²) in [7, 11) is -1.15. The van der Waals surface area contributed by atoms with Crippen LogP contribution in [0, 0.1) is 0 Å². The minimum Gasteiger partial charge on any atom is -0.493 e. The maximum atomic E-state index is 13.0. The summed E-state index contributed by atoms with van der Waals surface area (Å²) < 4.78 is 76.6. The van der Waals surface area contributed by atoms with Crippen molar-refractivity contribution in [3.05, 3.63) is 53.6 Å². The highest BCUT2D eigenvalue weighted by molar-refractivity contribution is 7.89. The van der Waals surface area contributed by atoms with Crippen LogP contribution in [0.5, 0.6) is 11.5 Å². The van der Waals surface area contributed by atoms with Gasteiger partial charge >= 0.3 is 6.18 Å². The molecule has 0 spiro atoms. The van der Waals surface area contributed by atoms with Gasteiger partial charge < -0.3 is 20.1 Å². The van der Waals surface area contributed by atoms with Gasteiger partial charge in [-0.1, -0.05) is 12.1 Å². The number of benzene rings is 2. The van der Waals surface area contributed by atoms with Crippen molar-refractivity contribution in [3.63, 3.8) is 0 Å². The van der Waals surface area contributed by atoms with Gasteiger partial charge in [0.1, 0.15) is 6.04 Å². The number of halogens is 3. The highest BCUT2D eigenvalue weighted by atomic mass is 32.2. The molecule has 1 saturated heterocycles. The maximum Gasteiger partial charge on any atom is 0.416 e. The first kappa shape index (κ1) is 29.2. The lowest BCUT2D eigenvalue weighted by atomic mass is 10.0. The van der Waals surface area contributed by atoms with E-state index in [-0.39, 0.29) is 38.4 Å². The van der Waals surface area contributed by atoms with Crippen molar-refractivity contribution in [2.24, 2.45) is 0 Å². The van der Waals surface area contributed by atoms with Gasteiger partial charge in [0.05, 0.1) is 24.7 Å². The van der Waals surface area contributed by atoms with E-state index in [9.17, 15) is 31.2 Å². The minimum absolute atomic E-state index is 0.0179. The molecule has 208 valence electrons. The molecule has 2 aromatic rings. The van der Waals surface area contributed by atoms with Crippen molar-refractivity contribution in [2.75, 3.05) is 27.3 Å². The number of nitrogens with zero attached hydrogens (tertiary/aromatic N) is 1. The number of hydrogen-bond acceptors (Lipinski definition) is 6. The lowest BCUT2D eigenvalue weighted by Gasteiger charge is -2.32. The number of sulfonamides is 1. The molecule has 0 aliphatic carbocycles. The van der Waals surface area contributed by atoms with Crippen molar-refractivity contribution in [1.82, 2.24) is 14.9 Å². The Morgan fingerprint density at radius 1 is 1.05 bits per heavy atom. The van der Waals surface area contributed by atoms with Crippen molar-refractivity contribution in [2.45, 2.75) is 49.3 Å². The topological polar surface area (TPSA) is 114 Å². The standard InChI is InChI=1S/C25H30F3N3O6S/c1-16(32)29-21(13-17-7-8-22(36-2)23(14-17)37-3)24(33)30-19-9-11-31(12-10-19)38(34,35)20-6-4-5-18(15-20)25(26,27)28/h4-8,14-15,19,21H,9-13H2,1-3H3,(H,29,32)(H,30,33). The molecule has 2 amide bonds. The van der Waals surface area contributed by atoms with Crippen LogP contribution in [-0.2, 0) is 32.2 Å². The normalized spacial score (nSPS) is 15.9. The summed E-state index contributed by atoms with van der Waals surface area (Å²) in [6, 6.07) is 7.50. The number of carbonyl (C=O) groups is 2. The van der Waals surface area contributed by atoms with Gasteiger partial charge in [-0.05, 0) is 48.7 Å². The van der Waals surface area contributed by atoms with Gasteiger partial charge in [0.15, 0.2) is 11.5 Å². The Bertz CT molecular complexity index is 1260. The van der Waals surface area contributed by atoms with E-state index in [4.69, 9.17) is 9.47 Å². The van der Waals surface area contributed by atoms with Gasteiger partial charge in [-0.3, -0.25) is 9.59 Å². The number of amides is 2. The zero-order valence-electron chi connectivity index (χ0n) is 21.2. The summed E-state index contributed by atoms with van der Waals surface area (Å²) in [5, 5.41) is 5.49. The molecule has 0 bridgehead atoms. The van der Waals surface area contributed by atoms with Gasteiger partial charge in [-0.15, -0.1) is 0 Å². The van der Waals surface area contributed by atoms with Crippen LogP contribution in [0.4, 0.5) is 13.2 Å². The molecule has 0 radical (unpaired) electrons. The lowest BCUT2D eigenvalue weighted by molar-refractivity contribution is -0.137. The number of carbonyl (C=O) groups excluding carboxylic acids is 2. The van der Waals surface area contributed by atoms with E-state index in [1.165, 1.54) is 21.1 Å².